The van der Waals surface area contributed by atoms with Crippen molar-refractivity contribution < 1.29 is 9.90 Å². The fourth-order valence-electron chi connectivity index (χ4n) is 1.72. The SMILES string of the molecule is Cc1ccc(NC(=O)Cn2cc(N)ccc2=O)cc1O. The van der Waals surface area contributed by atoms with E-state index in [1.807, 2.05) is 0 Å². The Bertz CT molecular complexity index is 707. The van der Waals surface area contributed by atoms with Crippen LogP contribution in [-0.4, -0.2) is 15.6 Å². The van der Waals surface area contributed by atoms with Crippen LogP contribution in [0.2, 0.25) is 0 Å². The number of rotatable bonds is 3. The highest BCUT2D eigenvalue weighted by Gasteiger charge is 2.06. The second kappa shape index (κ2) is 5.48. The first-order chi connectivity index (χ1) is 9.45. The van der Waals surface area contributed by atoms with Gasteiger partial charge in [-0.2, -0.15) is 0 Å². The van der Waals surface area contributed by atoms with E-state index in [1.165, 1.54) is 29.0 Å². The molecule has 0 radical (unpaired) electrons. The number of phenolic OH excluding ortho intramolecular Hbond substituents is 1. The monoisotopic (exact) mass is 273 g/mol. The van der Waals surface area contributed by atoms with Gasteiger partial charge in [-0.15, -0.1) is 0 Å². The van der Waals surface area contributed by atoms with E-state index in [-0.39, 0.29) is 23.8 Å². The van der Waals surface area contributed by atoms with Gasteiger partial charge in [0.05, 0.1) is 0 Å². The van der Waals surface area contributed by atoms with Crippen LogP contribution in [0.25, 0.3) is 0 Å². The average molecular weight is 273 g/mol. The summed E-state index contributed by atoms with van der Waals surface area (Å²) in [6.45, 7) is 1.62. The third-order valence-corrected chi connectivity index (χ3v) is 2.81. The number of amides is 1. The number of carbonyl (C=O) groups excluding carboxylic acids is 1. The van der Waals surface area contributed by atoms with E-state index in [2.05, 4.69) is 5.32 Å². The summed E-state index contributed by atoms with van der Waals surface area (Å²) in [5, 5.41) is 12.2. The smallest absolute Gasteiger partial charge is 0.251 e. The van der Waals surface area contributed by atoms with Crippen molar-refractivity contribution in [3.63, 3.8) is 0 Å². The zero-order chi connectivity index (χ0) is 14.7. The number of nitrogen functional groups attached to an aromatic ring is 1. The molecule has 1 aromatic heterocycles. The van der Waals surface area contributed by atoms with Crippen LogP contribution in [0, 0.1) is 6.92 Å². The predicted octanol–water partition coefficient (Wildman–Crippen LogP) is 1.08. The topological polar surface area (TPSA) is 97.4 Å². The number of phenols is 1. The normalized spacial score (nSPS) is 10.2. The van der Waals surface area contributed by atoms with Crippen LogP contribution in [0.5, 0.6) is 5.75 Å². The number of carbonyl (C=O) groups is 1. The molecule has 0 unspecified atom stereocenters. The Morgan fingerprint density at radius 1 is 1.35 bits per heavy atom. The van der Waals surface area contributed by atoms with Gasteiger partial charge in [0.2, 0.25) is 5.91 Å². The number of aromatic hydroxyl groups is 1. The van der Waals surface area contributed by atoms with Gasteiger partial charge in [-0.05, 0) is 24.6 Å². The van der Waals surface area contributed by atoms with Crippen molar-refractivity contribution in [2.24, 2.45) is 0 Å². The lowest BCUT2D eigenvalue weighted by atomic mass is 10.2. The number of aryl methyl sites for hydroxylation is 1. The molecule has 0 aliphatic heterocycles. The number of nitrogens with two attached hydrogens (primary N) is 1. The van der Waals surface area contributed by atoms with Gasteiger partial charge in [-0.3, -0.25) is 9.59 Å². The Morgan fingerprint density at radius 3 is 2.80 bits per heavy atom. The summed E-state index contributed by atoms with van der Waals surface area (Å²) in [7, 11) is 0. The third kappa shape index (κ3) is 3.17. The van der Waals surface area contributed by atoms with Gasteiger partial charge in [-0.1, -0.05) is 6.07 Å². The standard InChI is InChI=1S/C14H15N3O3/c1-9-2-4-11(6-12(9)18)16-13(19)8-17-7-10(15)3-5-14(17)20/h2-7,18H,8,15H2,1H3,(H,16,19). The van der Waals surface area contributed by atoms with E-state index in [4.69, 9.17) is 5.73 Å². The Hall–Kier alpha value is -2.76. The molecule has 4 N–H and O–H groups in total. The van der Waals surface area contributed by atoms with Crippen LogP contribution in [-0.2, 0) is 11.3 Å². The first kappa shape index (κ1) is 13.7. The van der Waals surface area contributed by atoms with Crippen LogP contribution in [0.1, 0.15) is 5.56 Å². The van der Waals surface area contributed by atoms with Gasteiger partial charge in [0.1, 0.15) is 12.3 Å². The molecule has 0 saturated heterocycles. The van der Waals surface area contributed by atoms with Gasteiger partial charge in [0.25, 0.3) is 5.56 Å². The Balaban J connectivity index is 2.11. The maximum Gasteiger partial charge on any atom is 0.251 e. The summed E-state index contributed by atoms with van der Waals surface area (Å²) >= 11 is 0. The highest BCUT2D eigenvalue weighted by atomic mass is 16.3. The molecule has 0 aliphatic rings. The van der Waals surface area contributed by atoms with Gasteiger partial charge < -0.3 is 20.7 Å². The fraction of sp³-hybridized carbons (Fsp3) is 0.143. The molecule has 1 aromatic carbocycles. The molecule has 0 atom stereocenters. The van der Waals surface area contributed by atoms with Crippen molar-refractivity contribution >= 4 is 17.3 Å². The molecule has 0 bridgehead atoms. The van der Waals surface area contributed by atoms with E-state index in [1.54, 1.807) is 19.1 Å². The Labute approximate surface area is 115 Å². The molecule has 0 aliphatic carbocycles. The van der Waals surface area contributed by atoms with Crippen molar-refractivity contribution in [2.75, 3.05) is 11.1 Å². The molecule has 104 valence electrons. The highest BCUT2D eigenvalue weighted by Crippen LogP contribution is 2.20. The maximum absolute atomic E-state index is 11.8. The van der Waals surface area contributed by atoms with E-state index >= 15 is 0 Å². The Morgan fingerprint density at radius 2 is 2.10 bits per heavy atom. The summed E-state index contributed by atoms with van der Waals surface area (Å²) in [6.07, 6.45) is 1.41. The molecule has 6 heteroatoms. The maximum atomic E-state index is 11.8. The van der Waals surface area contributed by atoms with Crippen LogP contribution >= 0.6 is 0 Å². The van der Waals surface area contributed by atoms with Crippen LogP contribution in [0.4, 0.5) is 11.4 Å². The number of hydrogen-bond acceptors (Lipinski definition) is 4. The first-order valence-electron chi connectivity index (χ1n) is 6.01. The molecule has 2 aromatic rings. The minimum Gasteiger partial charge on any atom is -0.508 e. The van der Waals surface area contributed by atoms with E-state index in [0.29, 0.717) is 11.4 Å². The van der Waals surface area contributed by atoms with E-state index in [9.17, 15) is 14.7 Å². The molecular weight excluding hydrogens is 258 g/mol. The molecule has 2 rings (SSSR count). The quantitative estimate of drug-likeness (QED) is 0.779. The van der Waals surface area contributed by atoms with Crippen LogP contribution in [0.15, 0.2) is 41.3 Å². The van der Waals surface area contributed by atoms with Crippen LogP contribution < -0.4 is 16.6 Å². The predicted molar refractivity (Wildman–Crippen MR) is 76.6 cm³/mol. The molecule has 20 heavy (non-hydrogen) atoms. The minimum absolute atomic E-state index is 0.101. The van der Waals surface area contributed by atoms with Crippen molar-refractivity contribution in [3.05, 3.63) is 52.4 Å². The van der Waals surface area contributed by atoms with Crippen molar-refractivity contribution in [1.82, 2.24) is 4.57 Å². The van der Waals surface area contributed by atoms with Gasteiger partial charge in [0.15, 0.2) is 0 Å². The second-order valence-electron chi connectivity index (χ2n) is 4.48. The van der Waals surface area contributed by atoms with Crippen LogP contribution in [0.3, 0.4) is 0 Å². The molecule has 0 saturated carbocycles. The number of hydrogen-bond donors (Lipinski definition) is 3. The molecule has 1 heterocycles. The third-order valence-electron chi connectivity index (χ3n) is 2.81. The Kier molecular flexibility index (Phi) is 3.74. The van der Waals surface area contributed by atoms with E-state index < -0.39 is 0 Å². The average Bonchev–Trinajstić information content (AvgIpc) is 2.38. The number of aromatic nitrogens is 1. The first-order valence-corrected chi connectivity index (χ1v) is 6.01. The second-order valence-corrected chi connectivity index (χ2v) is 4.48. The van der Waals surface area contributed by atoms with Gasteiger partial charge >= 0.3 is 0 Å². The summed E-state index contributed by atoms with van der Waals surface area (Å²) in [5.41, 5.74) is 6.86. The number of nitrogens with zero attached hydrogens (tertiary/aromatic N) is 1. The fourth-order valence-corrected chi connectivity index (χ4v) is 1.72. The molecule has 0 fully saturated rings. The van der Waals surface area contributed by atoms with Crippen molar-refractivity contribution in [3.8, 4) is 5.75 Å². The zero-order valence-electron chi connectivity index (χ0n) is 11.0. The largest absolute Gasteiger partial charge is 0.508 e. The van der Waals surface area contributed by atoms with Gasteiger partial charge in [0, 0.05) is 29.7 Å². The number of nitrogens with one attached hydrogen (secondary N) is 1. The zero-order valence-corrected chi connectivity index (χ0v) is 11.0. The minimum atomic E-state index is -0.374. The summed E-state index contributed by atoms with van der Waals surface area (Å²) in [4.78, 5) is 23.4. The van der Waals surface area contributed by atoms with E-state index in [0.717, 1.165) is 5.56 Å². The summed E-state index contributed by atoms with van der Waals surface area (Å²) < 4.78 is 1.22. The lowest BCUT2D eigenvalue weighted by Gasteiger charge is -2.09. The molecule has 1 amide bonds. The number of pyridine rings is 1. The number of benzene rings is 1. The molecule has 0 spiro atoms. The van der Waals surface area contributed by atoms with Crippen molar-refractivity contribution in [2.45, 2.75) is 13.5 Å². The highest BCUT2D eigenvalue weighted by molar-refractivity contribution is 5.90. The van der Waals surface area contributed by atoms with Crippen molar-refractivity contribution in [1.29, 1.82) is 0 Å². The number of anilines is 2. The van der Waals surface area contributed by atoms with Gasteiger partial charge in [-0.25, -0.2) is 0 Å². The summed E-state index contributed by atoms with van der Waals surface area (Å²) in [6, 6.07) is 7.61. The summed E-state index contributed by atoms with van der Waals surface area (Å²) in [5.74, 6) is -0.273. The lowest BCUT2D eigenvalue weighted by Crippen LogP contribution is -2.27. The molecular formula is C14H15N3O3. The molecule has 6 nitrogen and oxygen atoms in total. The lowest BCUT2D eigenvalue weighted by molar-refractivity contribution is -0.116.